The van der Waals surface area contributed by atoms with Crippen LogP contribution in [0.5, 0.6) is 5.75 Å². The average Bonchev–Trinajstić information content (AvgIpc) is 2.71. The Morgan fingerprint density at radius 2 is 1.86 bits per heavy atom. The van der Waals surface area contributed by atoms with E-state index in [1.807, 2.05) is 0 Å². The van der Waals surface area contributed by atoms with Gasteiger partial charge in [0.15, 0.2) is 5.92 Å². The molecule has 1 heterocycles. The van der Waals surface area contributed by atoms with Gasteiger partial charge in [-0.15, -0.1) is 0 Å². The molecule has 0 aromatic heterocycles. The number of methoxy groups -OCH3 is 1. The van der Waals surface area contributed by atoms with Crippen LogP contribution >= 0.6 is 11.6 Å². The lowest BCUT2D eigenvalue weighted by Crippen LogP contribution is -2.58. The maximum Gasteiger partial charge on any atom is 0.335 e. The minimum Gasteiger partial charge on any atom is -0.495 e. The topological polar surface area (TPSA) is 117 Å². The van der Waals surface area contributed by atoms with Gasteiger partial charge in [-0.05, 0) is 36.4 Å². The van der Waals surface area contributed by atoms with Crippen LogP contribution in [0.4, 0.5) is 10.5 Å². The molecule has 3 rings (SSSR count). The van der Waals surface area contributed by atoms with Crippen LogP contribution in [0, 0.1) is 5.92 Å². The monoisotopic (exact) mass is 414 g/mol. The summed E-state index contributed by atoms with van der Waals surface area (Å²) in [4.78, 5) is 49.9. The Morgan fingerprint density at radius 3 is 2.55 bits per heavy atom. The van der Waals surface area contributed by atoms with Crippen molar-refractivity contribution in [3.63, 3.8) is 0 Å². The zero-order chi connectivity index (χ0) is 21.0. The number of urea groups is 1. The number of carbonyl (C=O) groups is 4. The Bertz CT molecular complexity index is 1010. The highest BCUT2D eigenvalue weighted by Crippen LogP contribution is 2.30. The predicted molar refractivity (Wildman–Crippen MR) is 105 cm³/mol. The number of nitrogens with zero attached hydrogens (tertiary/aromatic N) is 2. The minimum atomic E-state index is -1.41. The van der Waals surface area contributed by atoms with Gasteiger partial charge in [0.05, 0.1) is 12.8 Å². The van der Waals surface area contributed by atoms with E-state index in [0.29, 0.717) is 5.02 Å². The number of benzene rings is 2. The summed E-state index contributed by atoms with van der Waals surface area (Å²) in [5, 5.41) is 6.24. The first-order chi connectivity index (χ1) is 13.9. The Morgan fingerprint density at radius 1 is 1.17 bits per heavy atom. The van der Waals surface area contributed by atoms with Crippen LogP contribution < -0.4 is 20.4 Å². The van der Waals surface area contributed by atoms with E-state index in [0.717, 1.165) is 11.1 Å². The van der Waals surface area contributed by atoms with Crippen LogP contribution in [-0.4, -0.2) is 37.1 Å². The van der Waals surface area contributed by atoms with E-state index >= 15 is 0 Å². The highest BCUT2D eigenvalue weighted by molar-refractivity contribution is 6.33. The summed E-state index contributed by atoms with van der Waals surface area (Å²) in [5.74, 6) is -3.37. The van der Waals surface area contributed by atoms with E-state index < -0.39 is 29.7 Å². The summed E-state index contributed by atoms with van der Waals surface area (Å²) in [6.45, 7) is 0. The van der Waals surface area contributed by atoms with Gasteiger partial charge in [0.2, 0.25) is 5.91 Å². The predicted octanol–water partition coefficient (Wildman–Crippen LogP) is 1.96. The number of amides is 5. The molecule has 0 spiro atoms. The number of barbiturate groups is 1. The molecule has 1 aliphatic rings. The number of rotatable bonds is 5. The number of para-hydroxylation sites is 2. The number of carbonyl (C=O) groups excluding carboxylic acids is 4. The summed E-state index contributed by atoms with van der Waals surface area (Å²) in [6, 6.07) is 11.5. The number of imide groups is 2. The molecule has 2 aromatic carbocycles. The van der Waals surface area contributed by atoms with Crippen molar-refractivity contribution >= 4 is 47.3 Å². The van der Waals surface area contributed by atoms with Crippen molar-refractivity contribution in [3.05, 3.63) is 59.1 Å². The Balaban J connectivity index is 1.78. The molecule has 0 saturated carbocycles. The largest absolute Gasteiger partial charge is 0.495 e. The third-order valence-corrected chi connectivity index (χ3v) is 4.28. The third-order valence-electron chi connectivity index (χ3n) is 4.02. The molecule has 1 fully saturated rings. The molecule has 1 aliphatic heterocycles. The van der Waals surface area contributed by atoms with Gasteiger partial charge in [0.1, 0.15) is 5.75 Å². The number of anilines is 1. The molecule has 9 nitrogen and oxygen atoms in total. The van der Waals surface area contributed by atoms with Crippen molar-refractivity contribution in [2.75, 3.05) is 12.0 Å². The molecule has 0 unspecified atom stereocenters. The molecule has 29 heavy (non-hydrogen) atoms. The van der Waals surface area contributed by atoms with Crippen molar-refractivity contribution in [1.29, 1.82) is 0 Å². The van der Waals surface area contributed by atoms with Crippen molar-refractivity contribution in [1.82, 2.24) is 10.7 Å². The van der Waals surface area contributed by atoms with Gasteiger partial charge in [0, 0.05) is 16.8 Å². The lowest BCUT2D eigenvalue weighted by atomic mass is 10.1. The number of hydrogen-bond donors (Lipinski definition) is 2. The van der Waals surface area contributed by atoms with Gasteiger partial charge < -0.3 is 4.74 Å². The second kappa shape index (κ2) is 8.53. The highest BCUT2D eigenvalue weighted by Gasteiger charge is 2.41. The van der Waals surface area contributed by atoms with Crippen LogP contribution in [0.25, 0.3) is 0 Å². The number of nitrogens with one attached hydrogen (secondary N) is 2. The average molecular weight is 415 g/mol. The molecule has 0 aliphatic carbocycles. The molecule has 2 aromatic rings. The normalized spacial score (nSPS) is 16.7. The Kier molecular flexibility index (Phi) is 5.89. The van der Waals surface area contributed by atoms with Gasteiger partial charge >= 0.3 is 6.03 Å². The summed E-state index contributed by atoms with van der Waals surface area (Å²) < 4.78 is 5.17. The first-order valence-electron chi connectivity index (χ1n) is 8.33. The van der Waals surface area contributed by atoms with Crippen LogP contribution in [0.1, 0.15) is 10.4 Å². The van der Waals surface area contributed by atoms with Gasteiger partial charge in [-0.25, -0.2) is 15.1 Å². The first-order valence-corrected chi connectivity index (χ1v) is 8.71. The summed E-state index contributed by atoms with van der Waals surface area (Å²) in [6.07, 6.45) is 0.959. The van der Waals surface area contributed by atoms with Gasteiger partial charge in [0.25, 0.3) is 11.8 Å². The summed E-state index contributed by atoms with van der Waals surface area (Å²) in [5.41, 5.74) is 2.69. The molecule has 0 bridgehead atoms. The smallest absolute Gasteiger partial charge is 0.335 e. The van der Waals surface area contributed by atoms with Crippen LogP contribution in [0.15, 0.2) is 53.6 Å². The number of ether oxygens (including phenoxy) is 1. The molecule has 0 radical (unpaired) electrons. The van der Waals surface area contributed by atoms with Crippen molar-refractivity contribution in [2.45, 2.75) is 0 Å². The molecule has 1 saturated heterocycles. The quantitative estimate of drug-likeness (QED) is 0.440. The maximum atomic E-state index is 12.8. The Hall–Kier alpha value is -3.72. The fraction of sp³-hybridized carbons (Fsp3) is 0.105. The molecule has 5 amide bonds. The molecule has 148 valence electrons. The van der Waals surface area contributed by atoms with E-state index in [1.54, 1.807) is 18.2 Å². The molecule has 1 atom stereocenters. The second-order valence-electron chi connectivity index (χ2n) is 5.84. The molecule has 10 heteroatoms. The number of hydrazone groups is 1. The summed E-state index contributed by atoms with van der Waals surface area (Å²) >= 11 is 5.77. The zero-order valence-corrected chi connectivity index (χ0v) is 15.8. The van der Waals surface area contributed by atoms with E-state index in [4.69, 9.17) is 16.3 Å². The van der Waals surface area contributed by atoms with E-state index in [2.05, 4.69) is 15.8 Å². The van der Waals surface area contributed by atoms with E-state index in [1.165, 1.54) is 37.4 Å². The van der Waals surface area contributed by atoms with Gasteiger partial charge in [-0.3, -0.25) is 19.7 Å². The highest BCUT2D eigenvalue weighted by atomic mass is 35.5. The SMILES string of the molecule is COc1ccccc1N1C(=O)NC(=O)[C@@H](/C=N\NC(=O)c2ccc(Cl)cc2)C1=O. The second-order valence-corrected chi connectivity index (χ2v) is 6.28. The first kappa shape index (κ1) is 20.0. The van der Waals surface area contributed by atoms with Crippen molar-refractivity contribution in [3.8, 4) is 5.75 Å². The van der Waals surface area contributed by atoms with Gasteiger partial charge in [-0.1, -0.05) is 23.7 Å². The van der Waals surface area contributed by atoms with Crippen molar-refractivity contribution in [2.24, 2.45) is 11.0 Å². The number of halogens is 1. The van der Waals surface area contributed by atoms with Gasteiger partial charge in [-0.2, -0.15) is 5.10 Å². The lowest BCUT2D eigenvalue weighted by Gasteiger charge is -2.29. The van der Waals surface area contributed by atoms with E-state index in [9.17, 15) is 19.2 Å². The zero-order valence-electron chi connectivity index (χ0n) is 15.1. The van der Waals surface area contributed by atoms with Crippen LogP contribution in [0.2, 0.25) is 5.02 Å². The minimum absolute atomic E-state index is 0.175. The molecule has 2 N–H and O–H groups in total. The molecular weight excluding hydrogens is 400 g/mol. The van der Waals surface area contributed by atoms with Crippen molar-refractivity contribution < 1.29 is 23.9 Å². The Labute approximate surface area is 170 Å². The third kappa shape index (κ3) is 4.25. The fourth-order valence-corrected chi connectivity index (χ4v) is 2.73. The lowest BCUT2D eigenvalue weighted by molar-refractivity contribution is -0.131. The number of hydrogen-bond acceptors (Lipinski definition) is 6. The fourth-order valence-electron chi connectivity index (χ4n) is 2.60. The summed E-state index contributed by atoms with van der Waals surface area (Å²) in [7, 11) is 1.39. The maximum absolute atomic E-state index is 12.8. The van der Waals surface area contributed by atoms with E-state index in [-0.39, 0.29) is 17.0 Å². The standard InChI is InChI=1S/C19H15ClN4O5/c1-29-15-5-3-2-4-14(15)24-18(27)13(17(26)22-19(24)28)10-21-23-16(25)11-6-8-12(20)9-7-11/h2-10,13H,1H3,(H,23,25)(H,22,26,28)/b21-10-/t13-/m1/s1. The van der Waals surface area contributed by atoms with Crippen LogP contribution in [0.3, 0.4) is 0 Å². The molecular formula is C19H15ClN4O5. The van der Waals surface area contributed by atoms with Crippen LogP contribution in [-0.2, 0) is 9.59 Å².